The third-order valence-corrected chi connectivity index (χ3v) is 5.43. The number of hydrogen-bond donors (Lipinski definition) is 0. The lowest BCUT2D eigenvalue weighted by atomic mass is 10.1. The zero-order valence-corrected chi connectivity index (χ0v) is 15.9. The van der Waals surface area contributed by atoms with Crippen LogP contribution in [0.15, 0.2) is 22.7 Å². The summed E-state index contributed by atoms with van der Waals surface area (Å²) in [7, 11) is 0. The van der Waals surface area contributed by atoms with Crippen LogP contribution in [0.5, 0.6) is 0 Å². The Morgan fingerprint density at radius 3 is 2.80 bits per heavy atom. The first-order chi connectivity index (χ1) is 11.8. The Morgan fingerprint density at radius 1 is 1.32 bits per heavy atom. The van der Waals surface area contributed by atoms with E-state index >= 15 is 0 Å². The highest BCUT2D eigenvalue weighted by molar-refractivity contribution is 9.10. The summed E-state index contributed by atoms with van der Waals surface area (Å²) in [5.74, 6) is 0. The Morgan fingerprint density at radius 2 is 2.12 bits per heavy atom. The molecule has 2 aromatic rings. The summed E-state index contributed by atoms with van der Waals surface area (Å²) in [6, 6.07) is 3.83. The molecule has 3 nitrogen and oxygen atoms in total. The first-order valence-corrected chi connectivity index (χ1v) is 9.51. The predicted molar refractivity (Wildman–Crippen MR) is 93.4 cm³/mol. The molecule has 1 aliphatic rings. The molecule has 1 aromatic carbocycles. The molecule has 1 aromatic heterocycles. The standard InChI is InChI=1S/C17H17BrF3NO2S/c1-10-14(9-24-15-4-2-3-5-23-15)22-16(25-10)11-6-12(17(19,20)21)8-13(18)7-11/h6-8,15H,2-5,9H2,1H3. The van der Waals surface area contributed by atoms with Crippen LogP contribution in [0.4, 0.5) is 13.2 Å². The van der Waals surface area contributed by atoms with Crippen molar-refractivity contribution in [2.45, 2.75) is 45.3 Å². The molecule has 0 saturated carbocycles. The molecule has 25 heavy (non-hydrogen) atoms. The fraction of sp³-hybridized carbons (Fsp3) is 0.471. The van der Waals surface area contributed by atoms with Crippen molar-refractivity contribution in [2.75, 3.05) is 6.61 Å². The first kappa shape index (κ1) is 18.8. The van der Waals surface area contributed by atoms with Crippen LogP contribution in [0, 0.1) is 6.92 Å². The number of aromatic nitrogens is 1. The molecule has 0 aliphatic carbocycles. The van der Waals surface area contributed by atoms with Crippen molar-refractivity contribution in [1.29, 1.82) is 0 Å². The molecular formula is C17H17BrF3NO2S. The highest BCUT2D eigenvalue weighted by Gasteiger charge is 2.31. The SMILES string of the molecule is Cc1sc(-c2cc(Br)cc(C(F)(F)F)c2)nc1COC1CCCCO1. The van der Waals surface area contributed by atoms with E-state index in [1.54, 1.807) is 6.07 Å². The summed E-state index contributed by atoms with van der Waals surface area (Å²) in [4.78, 5) is 5.41. The van der Waals surface area contributed by atoms with Crippen LogP contribution < -0.4 is 0 Å². The van der Waals surface area contributed by atoms with Gasteiger partial charge in [0.2, 0.25) is 0 Å². The Bertz CT molecular complexity index is 742. The molecule has 0 spiro atoms. The molecule has 0 N–H and O–H groups in total. The van der Waals surface area contributed by atoms with Gasteiger partial charge < -0.3 is 9.47 Å². The van der Waals surface area contributed by atoms with Gasteiger partial charge in [-0.1, -0.05) is 15.9 Å². The second-order valence-corrected chi connectivity index (χ2v) is 7.97. The molecule has 0 amide bonds. The van der Waals surface area contributed by atoms with E-state index < -0.39 is 11.7 Å². The number of benzene rings is 1. The van der Waals surface area contributed by atoms with Crippen molar-refractivity contribution in [2.24, 2.45) is 0 Å². The van der Waals surface area contributed by atoms with Crippen molar-refractivity contribution in [3.63, 3.8) is 0 Å². The van der Waals surface area contributed by atoms with E-state index in [0.717, 1.165) is 42.0 Å². The molecule has 2 heterocycles. The van der Waals surface area contributed by atoms with Gasteiger partial charge in [-0.25, -0.2) is 4.98 Å². The maximum atomic E-state index is 13.0. The van der Waals surface area contributed by atoms with Gasteiger partial charge in [0.15, 0.2) is 6.29 Å². The van der Waals surface area contributed by atoms with Crippen molar-refractivity contribution in [3.05, 3.63) is 38.8 Å². The maximum absolute atomic E-state index is 13.0. The molecule has 0 radical (unpaired) electrons. The quantitative estimate of drug-likeness (QED) is 0.594. The highest BCUT2D eigenvalue weighted by atomic mass is 79.9. The summed E-state index contributed by atoms with van der Waals surface area (Å²) in [5, 5.41) is 0.549. The van der Waals surface area contributed by atoms with Crippen LogP contribution in [0.2, 0.25) is 0 Å². The van der Waals surface area contributed by atoms with Gasteiger partial charge in [-0.2, -0.15) is 13.2 Å². The van der Waals surface area contributed by atoms with E-state index in [9.17, 15) is 13.2 Å². The van der Waals surface area contributed by atoms with Gasteiger partial charge in [-0.15, -0.1) is 11.3 Å². The zero-order valence-electron chi connectivity index (χ0n) is 13.5. The first-order valence-electron chi connectivity index (χ1n) is 7.90. The van der Waals surface area contributed by atoms with E-state index in [1.165, 1.54) is 11.3 Å². The minimum absolute atomic E-state index is 0.221. The average Bonchev–Trinajstić information content (AvgIpc) is 2.93. The fourth-order valence-electron chi connectivity index (χ4n) is 2.58. The third kappa shape index (κ3) is 4.81. The largest absolute Gasteiger partial charge is 0.416 e. The number of aryl methyl sites for hydroxylation is 1. The van der Waals surface area contributed by atoms with Crippen LogP contribution in [0.1, 0.15) is 35.4 Å². The second kappa shape index (κ2) is 7.73. The molecule has 3 rings (SSSR count). The molecule has 1 aliphatic heterocycles. The summed E-state index contributed by atoms with van der Waals surface area (Å²) in [5.41, 5.74) is 0.482. The predicted octanol–water partition coefficient (Wildman–Crippen LogP) is 5.94. The minimum atomic E-state index is -4.39. The number of rotatable bonds is 4. The second-order valence-electron chi connectivity index (χ2n) is 5.86. The Kier molecular flexibility index (Phi) is 5.82. The van der Waals surface area contributed by atoms with E-state index in [0.29, 0.717) is 28.3 Å². The fourth-order valence-corrected chi connectivity index (χ4v) is 3.97. The van der Waals surface area contributed by atoms with Crippen LogP contribution in [0.25, 0.3) is 10.6 Å². The normalized spacial score (nSPS) is 18.5. The lowest BCUT2D eigenvalue weighted by molar-refractivity contribution is -0.169. The molecule has 1 atom stereocenters. The molecule has 1 unspecified atom stereocenters. The molecule has 0 bridgehead atoms. The van der Waals surface area contributed by atoms with E-state index in [4.69, 9.17) is 9.47 Å². The minimum Gasteiger partial charge on any atom is -0.353 e. The number of thiazole rings is 1. The van der Waals surface area contributed by atoms with Gasteiger partial charge in [0.05, 0.1) is 17.9 Å². The van der Waals surface area contributed by atoms with Gasteiger partial charge in [0, 0.05) is 21.5 Å². The van der Waals surface area contributed by atoms with Crippen molar-refractivity contribution in [1.82, 2.24) is 4.98 Å². The van der Waals surface area contributed by atoms with Crippen LogP contribution in [-0.2, 0) is 22.3 Å². The number of alkyl halides is 3. The van der Waals surface area contributed by atoms with Gasteiger partial charge in [0.1, 0.15) is 5.01 Å². The van der Waals surface area contributed by atoms with Crippen molar-refractivity contribution >= 4 is 27.3 Å². The summed E-state index contributed by atoms with van der Waals surface area (Å²) >= 11 is 4.51. The van der Waals surface area contributed by atoms with Gasteiger partial charge in [-0.3, -0.25) is 0 Å². The van der Waals surface area contributed by atoms with Crippen LogP contribution >= 0.6 is 27.3 Å². The lowest BCUT2D eigenvalue weighted by Gasteiger charge is -2.22. The Labute approximate surface area is 156 Å². The number of nitrogens with zero attached hydrogens (tertiary/aromatic N) is 1. The van der Waals surface area contributed by atoms with Crippen molar-refractivity contribution in [3.8, 4) is 10.6 Å². The molecular weight excluding hydrogens is 419 g/mol. The van der Waals surface area contributed by atoms with Crippen molar-refractivity contribution < 1.29 is 22.6 Å². The van der Waals surface area contributed by atoms with Gasteiger partial charge >= 0.3 is 6.18 Å². The average molecular weight is 436 g/mol. The smallest absolute Gasteiger partial charge is 0.353 e. The van der Waals surface area contributed by atoms with Crippen LogP contribution in [-0.4, -0.2) is 17.9 Å². The number of hydrogen-bond acceptors (Lipinski definition) is 4. The van der Waals surface area contributed by atoms with Crippen LogP contribution in [0.3, 0.4) is 0 Å². The summed E-state index contributed by atoms with van der Waals surface area (Å²) in [6.45, 7) is 2.89. The van der Waals surface area contributed by atoms with E-state index in [1.807, 2.05) is 6.92 Å². The Hall–Kier alpha value is -0.960. The monoisotopic (exact) mass is 435 g/mol. The maximum Gasteiger partial charge on any atom is 0.416 e. The van der Waals surface area contributed by atoms with Gasteiger partial charge in [-0.05, 0) is 44.4 Å². The Balaban J connectivity index is 1.78. The topological polar surface area (TPSA) is 31.4 Å². The van der Waals surface area contributed by atoms with E-state index in [2.05, 4.69) is 20.9 Å². The number of halogens is 4. The summed E-state index contributed by atoms with van der Waals surface area (Å²) < 4.78 is 50.6. The molecule has 136 valence electrons. The highest BCUT2D eigenvalue weighted by Crippen LogP contribution is 2.36. The molecule has 8 heteroatoms. The molecule has 1 fully saturated rings. The summed E-state index contributed by atoms with van der Waals surface area (Å²) in [6.07, 6.45) is -1.64. The lowest BCUT2D eigenvalue weighted by Crippen LogP contribution is -2.22. The van der Waals surface area contributed by atoms with E-state index in [-0.39, 0.29) is 6.29 Å². The molecule has 1 saturated heterocycles. The number of ether oxygens (including phenoxy) is 2. The zero-order chi connectivity index (χ0) is 18.0. The van der Waals surface area contributed by atoms with Gasteiger partial charge in [0.25, 0.3) is 0 Å². The third-order valence-electron chi connectivity index (χ3n) is 3.91.